The van der Waals surface area contributed by atoms with Crippen molar-refractivity contribution in [2.45, 2.75) is 12.1 Å². The summed E-state index contributed by atoms with van der Waals surface area (Å²) < 4.78 is 41.8. The first-order valence-corrected chi connectivity index (χ1v) is 6.82. The third-order valence-electron chi connectivity index (χ3n) is 2.55. The van der Waals surface area contributed by atoms with Crippen molar-refractivity contribution in [3.05, 3.63) is 65.7 Å². The average Bonchev–Trinajstić information content (AvgIpc) is 2.45. The van der Waals surface area contributed by atoms with Crippen molar-refractivity contribution in [2.75, 3.05) is 0 Å². The fourth-order valence-corrected chi connectivity index (χ4v) is 2.06. The molecule has 0 radical (unpaired) electrons. The molecule has 0 fully saturated rings. The summed E-state index contributed by atoms with van der Waals surface area (Å²) in [6.45, 7) is 0.353. The van der Waals surface area contributed by atoms with E-state index in [1.165, 1.54) is 24.3 Å². The second-order valence-electron chi connectivity index (χ2n) is 4.13. The van der Waals surface area contributed by atoms with Crippen molar-refractivity contribution in [1.29, 1.82) is 0 Å². The maximum atomic E-state index is 12.1. The summed E-state index contributed by atoms with van der Waals surface area (Å²) in [7, 11) is 0. The molecule has 0 heterocycles. The average molecular weight is 312 g/mol. The van der Waals surface area contributed by atoms with E-state index in [9.17, 15) is 18.0 Å². The molecule has 0 saturated carbocycles. The SMILES string of the molecule is O=C(SC(F)(F)F)c1ccc(OCc2ccccc2)cc1. The normalized spacial score (nSPS) is 11.2. The zero-order valence-corrected chi connectivity index (χ0v) is 11.6. The van der Waals surface area contributed by atoms with Gasteiger partial charge in [0.05, 0.1) is 0 Å². The molecular formula is C15H11F3O2S. The number of halogens is 3. The number of benzene rings is 2. The molecule has 21 heavy (non-hydrogen) atoms. The summed E-state index contributed by atoms with van der Waals surface area (Å²) in [5, 5.41) is -1.03. The number of thioether (sulfide) groups is 1. The Hall–Kier alpha value is -1.95. The van der Waals surface area contributed by atoms with E-state index < -0.39 is 22.4 Å². The minimum atomic E-state index is -4.57. The summed E-state index contributed by atoms with van der Waals surface area (Å²) in [6, 6.07) is 15.1. The van der Waals surface area contributed by atoms with E-state index in [-0.39, 0.29) is 5.56 Å². The molecule has 2 rings (SSSR count). The molecule has 0 aliphatic carbocycles. The smallest absolute Gasteiger partial charge is 0.449 e. The van der Waals surface area contributed by atoms with E-state index >= 15 is 0 Å². The van der Waals surface area contributed by atoms with Gasteiger partial charge in [0, 0.05) is 17.3 Å². The van der Waals surface area contributed by atoms with Crippen LogP contribution in [0.25, 0.3) is 0 Å². The molecule has 6 heteroatoms. The Morgan fingerprint density at radius 2 is 1.62 bits per heavy atom. The minimum Gasteiger partial charge on any atom is -0.489 e. The number of carbonyl (C=O) groups excluding carboxylic acids is 1. The molecule has 0 aromatic heterocycles. The second kappa shape index (κ2) is 6.67. The third-order valence-corrected chi connectivity index (χ3v) is 3.20. The lowest BCUT2D eigenvalue weighted by molar-refractivity contribution is -0.0322. The molecule has 0 N–H and O–H groups in total. The van der Waals surface area contributed by atoms with Crippen molar-refractivity contribution in [2.24, 2.45) is 0 Å². The quantitative estimate of drug-likeness (QED) is 0.821. The first kappa shape index (κ1) is 15.4. The first-order valence-electron chi connectivity index (χ1n) is 6.01. The highest BCUT2D eigenvalue weighted by Gasteiger charge is 2.33. The van der Waals surface area contributed by atoms with Gasteiger partial charge in [0.1, 0.15) is 12.4 Å². The fourth-order valence-electron chi connectivity index (χ4n) is 1.59. The standard InChI is InChI=1S/C15H11F3O2S/c16-15(17,18)21-14(19)12-6-8-13(9-7-12)20-10-11-4-2-1-3-5-11/h1-9H,10H2. The highest BCUT2D eigenvalue weighted by Crippen LogP contribution is 2.33. The van der Waals surface area contributed by atoms with Crippen LogP contribution in [0.5, 0.6) is 5.75 Å². The van der Waals surface area contributed by atoms with Crippen molar-refractivity contribution >= 4 is 16.9 Å². The summed E-state index contributed by atoms with van der Waals surface area (Å²) >= 11 is -0.654. The van der Waals surface area contributed by atoms with Crippen LogP contribution < -0.4 is 4.74 Å². The van der Waals surface area contributed by atoms with Gasteiger partial charge in [0.25, 0.3) is 0 Å². The van der Waals surface area contributed by atoms with E-state index in [4.69, 9.17) is 4.74 Å². The zero-order chi connectivity index (χ0) is 15.3. The van der Waals surface area contributed by atoms with Gasteiger partial charge in [0.2, 0.25) is 5.12 Å². The number of rotatable bonds is 4. The highest BCUT2D eigenvalue weighted by atomic mass is 32.2. The van der Waals surface area contributed by atoms with Crippen LogP contribution in [-0.4, -0.2) is 10.6 Å². The second-order valence-corrected chi connectivity index (χ2v) is 5.17. The van der Waals surface area contributed by atoms with Crippen LogP contribution in [0.3, 0.4) is 0 Å². The molecule has 2 aromatic rings. The molecule has 0 aliphatic heterocycles. The van der Waals surface area contributed by atoms with Crippen LogP contribution in [0, 0.1) is 0 Å². The molecule has 0 aliphatic rings. The Labute approximate surface area is 123 Å². The predicted molar refractivity (Wildman–Crippen MR) is 75.2 cm³/mol. The van der Waals surface area contributed by atoms with Gasteiger partial charge in [-0.15, -0.1) is 0 Å². The maximum Gasteiger partial charge on any atom is 0.449 e. The van der Waals surface area contributed by atoms with Gasteiger partial charge < -0.3 is 4.74 Å². The number of hydrogen-bond donors (Lipinski definition) is 0. The molecule has 0 atom stereocenters. The minimum absolute atomic E-state index is 0.00983. The summed E-state index contributed by atoms with van der Waals surface area (Å²) in [6.07, 6.45) is 0. The summed E-state index contributed by atoms with van der Waals surface area (Å²) in [5.74, 6) is 0.493. The molecule has 0 spiro atoms. The van der Waals surface area contributed by atoms with Crippen LogP contribution in [0.1, 0.15) is 15.9 Å². The zero-order valence-electron chi connectivity index (χ0n) is 10.8. The van der Waals surface area contributed by atoms with Gasteiger partial charge in [-0.25, -0.2) is 0 Å². The van der Waals surface area contributed by atoms with Gasteiger partial charge in [-0.2, -0.15) is 13.2 Å². The Balaban J connectivity index is 1.94. The lowest BCUT2D eigenvalue weighted by Crippen LogP contribution is -2.06. The Bertz CT molecular complexity index is 595. The number of hydrogen-bond acceptors (Lipinski definition) is 3. The first-order chi connectivity index (χ1) is 9.94. The van der Waals surface area contributed by atoms with Crippen LogP contribution in [0.15, 0.2) is 54.6 Å². The lowest BCUT2D eigenvalue weighted by atomic mass is 10.2. The largest absolute Gasteiger partial charge is 0.489 e. The molecular weight excluding hydrogens is 301 g/mol. The third kappa shape index (κ3) is 5.15. The van der Waals surface area contributed by atoms with Crippen LogP contribution in [0.2, 0.25) is 0 Å². The highest BCUT2D eigenvalue weighted by molar-refractivity contribution is 8.14. The predicted octanol–water partition coefficient (Wildman–Crippen LogP) is 4.66. The Morgan fingerprint density at radius 1 is 1.00 bits per heavy atom. The van der Waals surface area contributed by atoms with E-state index in [0.29, 0.717) is 12.4 Å². The Kier molecular flexibility index (Phi) is 4.90. The van der Waals surface area contributed by atoms with E-state index in [1.807, 2.05) is 30.3 Å². The van der Waals surface area contributed by atoms with Gasteiger partial charge in [-0.05, 0) is 29.8 Å². The molecule has 2 aromatic carbocycles. The van der Waals surface area contributed by atoms with Gasteiger partial charge >= 0.3 is 5.51 Å². The van der Waals surface area contributed by atoms with Crippen LogP contribution >= 0.6 is 11.8 Å². The molecule has 0 bridgehead atoms. The number of alkyl halides is 3. The van der Waals surface area contributed by atoms with Crippen molar-refractivity contribution in [3.63, 3.8) is 0 Å². The topological polar surface area (TPSA) is 26.3 Å². The summed E-state index contributed by atoms with van der Waals surface area (Å²) in [5.41, 5.74) is -3.60. The molecule has 0 unspecified atom stereocenters. The van der Waals surface area contributed by atoms with Crippen molar-refractivity contribution < 1.29 is 22.7 Å². The summed E-state index contributed by atoms with van der Waals surface area (Å²) in [4.78, 5) is 11.4. The Morgan fingerprint density at radius 3 is 2.19 bits per heavy atom. The van der Waals surface area contributed by atoms with Gasteiger partial charge in [-0.1, -0.05) is 30.3 Å². The number of ether oxygens (including phenoxy) is 1. The maximum absolute atomic E-state index is 12.1. The van der Waals surface area contributed by atoms with E-state index in [1.54, 1.807) is 0 Å². The monoisotopic (exact) mass is 312 g/mol. The molecule has 110 valence electrons. The van der Waals surface area contributed by atoms with E-state index in [0.717, 1.165) is 5.56 Å². The lowest BCUT2D eigenvalue weighted by Gasteiger charge is -2.07. The van der Waals surface area contributed by atoms with Crippen LogP contribution in [-0.2, 0) is 6.61 Å². The van der Waals surface area contributed by atoms with Gasteiger partial charge in [0.15, 0.2) is 0 Å². The van der Waals surface area contributed by atoms with Crippen molar-refractivity contribution in [1.82, 2.24) is 0 Å². The molecule has 0 saturated heterocycles. The van der Waals surface area contributed by atoms with Crippen molar-refractivity contribution in [3.8, 4) is 5.75 Å². The van der Waals surface area contributed by atoms with Crippen LogP contribution in [0.4, 0.5) is 13.2 Å². The number of carbonyl (C=O) groups is 1. The fraction of sp³-hybridized carbons (Fsp3) is 0.133. The molecule has 0 amide bonds. The van der Waals surface area contributed by atoms with Gasteiger partial charge in [-0.3, -0.25) is 4.79 Å². The van der Waals surface area contributed by atoms with E-state index in [2.05, 4.69) is 0 Å². The molecule has 2 nitrogen and oxygen atoms in total.